The molecule has 0 aliphatic carbocycles. The van der Waals surface area contributed by atoms with Crippen molar-refractivity contribution in [2.24, 2.45) is 10.9 Å². The second-order valence-corrected chi connectivity index (χ2v) is 7.36. The molecule has 1 rings (SSSR count). The molecule has 158 valence electrons. The molecule has 1 atom stereocenters. The fraction of sp³-hybridized carbons (Fsp3) is 0.636. The van der Waals surface area contributed by atoms with Gasteiger partial charge in [-0.3, -0.25) is 9.79 Å². The maximum absolute atomic E-state index is 12.1. The molecule has 1 unspecified atom stereocenters. The Balaban J connectivity index is 2.57. The van der Waals surface area contributed by atoms with Crippen molar-refractivity contribution in [2.45, 2.75) is 46.6 Å². The van der Waals surface area contributed by atoms with Crippen molar-refractivity contribution in [2.75, 3.05) is 40.3 Å². The molecule has 28 heavy (non-hydrogen) atoms. The number of guanidine groups is 1. The van der Waals surface area contributed by atoms with Crippen molar-refractivity contribution in [3.05, 3.63) is 35.4 Å². The smallest absolute Gasteiger partial charge is 0.253 e. The largest absolute Gasteiger partial charge is 0.378 e. The van der Waals surface area contributed by atoms with Gasteiger partial charge in [0, 0.05) is 45.9 Å². The van der Waals surface area contributed by atoms with Crippen LogP contribution in [-0.4, -0.2) is 63.2 Å². The lowest BCUT2D eigenvalue weighted by molar-refractivity contribution is 0.0266. The number of nitrogens with one attached hydrogen (secondary N) is 2. The van der Waals surface area contributed by atoms with Gasteiger partial charge < -0.3 is 20.3 Å². The molecule has 1 amide bonds. The molecule has 1 aromatic rings. The van der Waals surface area contributed by atoms with E-state index in [1.54, 1.807) is 19.0 Å². The zero-order valence-corrected chi connectivity index (χ0v) is 18.4. The normalized spacial score (nSPS) is 12.8. The van der Waals surface area contributed by atoms with Crippen molar-refractivity contribution in [3.63, 3.8) is 0 Å². The first kappa shape index (κ1) is 24.0. The zero-order valence-electron chi connectivity index (χ0n) is 18.4. The van der Waals surface area contributed by atoms with E-state index in [4.69, 9.17) is 4.74 Å². The molecule has 6 heteroatoms. The maximum atomic E-state index is 12.1. The minimum Gasteiger partial charge on any atom is -0.378 e. The first-order chi connectivity index (χ1) is 13.4. The monoisotopic (exact) mass is 390 g/mol. The van der Waals surface area contributed by atoms with Crippen LogP contribution in [0.5, 0.6) is 0 Å². The number of carbonyl (C=O) groups is 1. The van der Waals surface area contributed by atoms with E-state index in [2.05, 4.69) is 36.4 Å². The predicted molar refractivity (Wildman–Crippen MR) is 117 cm³/mol. The number of ether oxygens (including phenoxy) is 1. The van der Waals surface area contributed by atoms with Gasteiger partial charge in [0.25, 0.3) is 5.91 Å². The summed E-state index contributed by atoms with van der Waals surface area (Å²) in [4.78, 5) is 18.4. The highest BCUT2D eigenvalue weighted by Gasteiger charge is 2.12. The molecular formula is C22H38N4O2. The number of hydrogen-bond acceptors (Lipinski definition) is 3. The molecule has 0 aromatic heterocycles. The summed E-state index contributed by atoms with van der Waals surface area (Å²) in [6.07, 6.45) is 1.98. The summed E-state index contributed by atoms with van der Waals surface area (Å²) in [5, 5.41) is 6.66. The summed E-state index contributed by atoms with van der Waals surface area (Å²) in [6, 6.07) is 7.80. The highest BCUT2D eigenvalue weighted by molar-refractivity contribution is 5.94. The Morgan fingerprint density at radius 3 is 2.57 bits per heavy atom. The van der Waals surface area contributed by atoms with Gasteiger partial charge in [0.05, 0.1) is 6.10 Å². The molecule has 0 aliphatic heterocycles. The fourth-order valence-corrected chi connectivity index (χ4v) is 2.91. The summed E-state index contributed by atoms with van der Waals surface area (Å²) in [6.45, 7) is 11.5. The quantitative estimate of drug-likeness (QED) is 0.450. The Kier molecular flexibility index (Phi) is 11.3. The van der Waals surface area contributed by atoms with Crippen LogP contribution in [0.25, 0.3) is 0 Å². The summed E-state index contributed by atoms with van der Waals surface area (Å²) >= 11 is 0. The minimum absolute atomic E-state index is 0.0266. The molecule has 1 aromatic carbocycles. The summed E-state index contributed by atoms with van der Waals surface area (Å²) in [5.41, 5.74) is 1.85. The first-order valence-corrected chi connectivity index (χ1v) is 10.3. The maximum Gasteiger partial charge on any atom is 0.253 e. The van der Waals surface area contributed by atoms with Crippen LogP contribution < -0.4 is 10.6 Å². The van der Waals surface area contributed by atoms with Gasteiger partial charge in [-0.25, -0.2) is 0 Å². The number of amides is 1. The highest BCUT2D eigenvalue weighted by Crippen LogP contribution is 2.11. The second kappa shape index (κ2) is 13.2. The predicted octanol–water partition coefficient (Wildman–Crippen LogP) is 2.94. The standard InChI is InChI=1S/C22H38N4O2/c1-7-23-22(25-15-13-20(17(3)4)28-8-2)24-14-12-18-10-9-11-19(16-18)21(27)26(5)6/h9-11,16-17,20H,7-8,12-15H2,1-6H3,(H2,23,24,25). The van der Waals surface area contributed by atoms with Gasteiger partial charge in [0.15, 0.2) is 5.96 Å². The van der Waals surface area contributed by atoms with Crippen LogP contribution in [0.15, 0.2) is 29.3 Å². The summed E-state index contributed by atoms with van der Waals surface area (Å²) < 4.78 is 5.79. The molecule has 0 saturated carbocycles. The van der Waals surface area contributed by atoms with E-state index < -0.39 is 0 Å². The molecule has 2 N–H and O–H groups in total. The molecule has 0 spiro atoms. The average molecular weight is 391 g/mol. The highest BCUT2D eigenvalue weighted by atomic mass is 16.5. The number of benzene rings is 1. The fourth-order valence-electron chi connectivity index (χ4n) is 2.91. The van der Waals surface area contributed by atoms with Crippen LogP contribution in [-0.2, 0) is 11.2 Å². The van der Waals surface area contributed by atoms with E-state index in [-0.39, 0.29) is 12.0 Å². The Labute approximate surface area is 170 Å². The van der Waals surface area contributed by atoms with Crippen LogP contribution in [0.1, 0.15) is 50.0 Å². The van der Waals surface area contributed by atoms with Gasteiger partial charge in [-0.2, -0.15) is 0 Å². The molecule has 0 saturated heterocycles. The third kappa shape index (κ3) is 8.74. The average Bonchev–Trinajstić information content (AvgIpc) is 2.66. The molecule has 0 heterocycles. The van der Waals surface area contributed by atoms with Crippen molar-refractivity contribution < 1.29 is 9.53 Å². The number of hydrogen-bond donors (Lipinski definition) is 2. The lowest BCUT2D eigenvalue weighted by Gasteiger charge is -2.20. The van der Waals surface area contributed by atoms with E-state index in [1.807, 2.05) is 31.2 Å². The van der Waals surface area contributed by atoms with Crippen LogP contribution in [0.4, 0.5) is 0 Å². The Bertz CT molecular complexity index is 614. The van der Waals surface area contributed by atoms with Crippen molar-refractivity contribution in [1.82, 2.24) is 15.5 Å². The zero-order chi connectivity index (χ0) is 20.9. The topological polar surface area (TPSA) is 66.0 Å². The van der Waals surface area contributed by atoms with Crippen molar-refractivity contribution in [3.8, 4) is 0 Å². The van der Waals surface area contributed by atoms with Gasteiger partial charge in [-0.15, -0.1) is 0 Å². The minimum atomic E-state index is 0.0266. The van der Waals surface area contributed by atoms with E-state index in [1.165, 1.54) is 0 Å². The number of nitrogens with zero attached hydrogens (tertiary/aromatic N) is 2. The van der Waals surface area contributed by atoms with Crippen LogP contribution in [0, 0.1) is 5.92 Å². The Morgan fingerprint density at radius 1 is 1.21 bits per heavy atom. The van der Waals surface area contributed by atoms with Crippen LogP contribution in [0.3, 0.4) is 0 Å². The lowest BCUT2D eigenvalue weighted by Crippen LogP contribution is -2.38. The first-order valence-electron chi connectivity index (χ1n) is 10.3. The van der Waals surface area contributed by atoms with Gasteiger partial charge >= 0.3 is 0 Å². The third-order valence-corrected chi connectivity index (χ3v) is 4.44. The summed E-state index contributed by atoms with van der Waals surface area (Å²) in [7, 11) is 3.54. The van der Waals surface area contributed by atoms with Gasteiger partial charge in [-0.05, 0) is 50.3 Å². The van der Waals surface area contributed by atoms with E-state index in [0.29, 0.717) is 5.92 Å². The van der Waals surface area contributed by atoms with Crippen LogP contribution >= 0.6 is 0 Å². The van der Waals surface area contributed by atoms with Crippen molar-refractivity contribution >= 4 is 11.9 Å². The molecule has 6 nitrogen and oxygen atoms in total. The lowest BCUT2D eigenvalue weighted by atomic mass is 10.0. The Morgan fingerprint density at radius 2 is 1.96 bits per heavy atom. The van der Waals surface area contributed by atoms with E-state index in [9.17, 15) is 4.79 Å². The molecule has 0 aliphatic rings. The number of carbonyl (C=O) groups excluding carboxylic acids is 1. The van der Waals surface area contributed by atoms with E-state index in [0.717, 1.165) is 56.2 Å². The molecule has 0 fully saturated rings. The van der Waals surface area contributed by atoms with Gasteiger partial charge in [0.2, 0.25) is 0 Å². The van der Waals surface area contributed by atoms with E-state index >= 15 is 0 Å². The van der Waals surface area contributed by atoms with Crippen molar-refractivity contribution in [1.29, 1.82) is 0 Å². The SMILES string of the molecule is CCNC(=NCCC(OCC)C(C)C)NCCc1cccc(C(=O)N(C)C)c1. The van der Waals surface area contributed by atoms with Crippen LogP contribution in [0.2, 0.25) is 0 Å². The number of rotatable bonds is 11. The molecule has 0 radical (unpaired) electrons. The molecular weight excluding hydrogens is 352 g/mol. The Hall–Kier alpha value is -2.08. The second-order valence-electron chi connectivity index (χ2n) is 7.36. The van der Waals surface area contributed by atoms with Gasteiger partial charge in [-0.1, -0.05) is 26.0 Å². The third-order valence-electron chi connectivity index (χ3n) is 4.44. The van der Waals surface area contributed by atoms with Gasteiger partial charge in [0.1, 0.15) is 0 Å². The summed E-state index contributed by atoms with van der Waals surface area (Å²) in [5.74, 6) is 1.34. The molecule has 0 bridgehead atoms. The number of aliphatic imine (C=N–C) groups is 1.